The monoisotopic (exact) mass is 179 g/mol. The maximum absolute atomic E-state index is 5.31. The Morgan fingerprint density at radius 2 is 2.08 bits per heavy atom. The number of hydrogen-bond donors (Lipinski definition) is 1. The molecule has 1 aliphatic rings. The van der Waals surface area contributed by atoms with Crippen molar-refractivity contribution in [2.75, 3.05) is 13.1 Å². The maximum Gasteiger partial charge on any atom is 0.0117 e. The topological polar surface area (TPSA) is 12.0 Å². The van der Waals surface area contributed by atoms with Crippen LogP contribution in [0.1, 0.15) is 33.1 Å². The third-order valence-corrected chi connectivity index (χ3v) is 2.91. The van der Waals surface area contributed by atoms with Crippen LogP contribution in [0.2, 0.25) is 0 Å². The molecule has 0 bridgehead atoms. The lowest BCUT2D eigenvalue weighted by molar-refractivity contribution is 0.175. The Morgan fingerprint density at radius 1 is 1.38 bits per heavy atom. The summed E-state index contributed by atoms with van der Waals surface area (Å²) in [7, 11) is 0. The smallest absolute Gasteiger partial charge is 0.0117 e. The summed E-state index contributed by atoms with van der Waals surface area (Å²) in [6.07, 6.45) is 9.01. The molecule has 2 unspecified atom stereocenters. The average Bonchev–Trinajstić information content (AvgIpc) is 2.06. The van der Waals surface area contributed by atoms with Crippen LogP contribution in [0, 0.1) is 30.1 Å². The summed E-state index contributed by atoms with van der Waals surface area (Å²) < 4.78 is 0. The van der Waals surface area contributed by atoms with E-state index in [1.807, 2.05) is 0 Å². The van der Waals surface area contributed by atoms with E-state index in [0.717, 1.165) is 30.7 Å². The summed E-state index contributed by atoms with van der Waals surface area (Å²) in [5.41, 5.74) is 0. The molecule has 0 saturated heterocycles. The van der Waals surface area contributed by atoms with Crippen molar-refractivity contribution in [1.82, 2.24) is 5.32 Å². The van der Waals surface area contributed by atoms with Gasteiger partial charge in [0.2, 0.25) is 0 Å². The van der Waals surface area contributed by atoms with Gasteiger partial charge in [0.1, 0.15) is 0 Å². The first-order valence-electron chi connectivity index (χ1n) is 5.38. The highest BCUT2D eigenvalue weighted by molar-refractivity contribution is 4.93. The van der Waals surface area contributed by atoms with Gasteiger partial charge in [-0.05, 0) is 43.7 Å². The molecule has 1 aliphatic carbocycles. The molecule has 0 amide bonds. The van der Waals surface area contributed by atoms with E-state index in [1.165, 1.54) is 19.4 Å². The zero-order valence-corrected chi connectivity index (χ0v) is 8.84. The number of nitrogens with one attached hydrogen (secondary N) is 1. The Kier molecular flexibility index (Phi) is 4.32. The molecule has 0 aromatic rings. The van der Waals surface area contributed by atoms with Gasteiger partial charge in [-0.15, -0.1) is 12.3 Å². The van der Waals surface area contributed by atoms with Gasteiger partial charge in [0.25, 0.3) is 0 Å². The van der Waals surface area contributed by atoms with Gasteiger partial charge >= 0.3 is 0 Å². The molecule has 1 rings (SSSR count). The molecule has 1 nitrogen and oxygen atoms in total. The quantitative estimate of drug-likeness (QED) is 0.638. The Labute approximate surface area is 82.3 Å². The van der Waals surface area contributed by atoms with E-state index in [4.69, 9.17) is 6.42 Å². The van der Waals surface area contributed by atoms with Gasteiger partial charge in [-0.1, -0.05) is 13.8 Å². The Hall–Kier alpha value is -0.480. The zero-order chi connectivity index (χ0) is 9.68. The molecule has 0 heterocycles. The van der Waals surface area contributed by atoms with Crippen LogP contribution in [0.25, 0.3) is 0 Å². The predicted octanol–water partition coefficient (Wildman–Crippen LogP) is 2.28. The van der Waals surface area contributed by atoms with Crippen molar-refractivity contribution >= 4 is 0 Å². The lowest BCUT2D eigenvalue weighted by Crippen LogP contribution is -2.36. The van der Waals surface area contributed by atoms with Gasteiger partial charge in [-0.2, -0.15) is 0 Å². The standard InChI is InChI=1S/C12H21N/c1-4-5-11-6-7-12(11)9-13-8-10(2)3/h1,10-13H,5-9H2,2-3H3. The van der Waals surface area contributed by atoms with Crippen molar-refractivity contribution in [2.45, 2.75) is 33.1 Å². The fourth-order valence-corrected chi connectivity index (χ4v) is 1.88. The molecule has 0 radical (unpaired) electrons. The van der Waals surface area contributed by atoms with Crippen molar-refractivity contribution in [3.8, 4) is 12.3 Å². The van der Waals surface area contributed by atoms with E-state index in [2.05, 4.69) is 25.1 Å². The summed E-state index contributed by atoms with van der Waals surface area (Å²) in [5.74, 6) is 5.19. The third kappa shape index (κ3) is 3.40. The Bertz CT molecular complexity index is 178. The third-order valence-electron chi connectivity index (χ3n) is 2.91. The highest BCUT2D eigenvalue weighted by Gasteiger charge is 2.29. The molecular weight excluding hydrogens is 158 g/mol. The van der Waals surface area contributed by atoms with Gasteiger partial charge in [0.15, 0.2) is 0 Å². The molecule has 2 atom stereocenters. The summed E-state index contributed by atoms with van der Waals surface area (Å²) in [5, 5.41) is 3.51. The highest BCUT2D eigenvalue weighted by atomic mass is 14.9. The van der Waals surface area contributed by atoms with E-state index >= 15 is 0 Å². The van der Waals surface area contributed by atoms with Gasteiger partial charge in [0, 0.05) is 6.42 Å². The van der Waals surface area contributed by atoms with Crippen molar-refractivity contribution in [3.63, 3.8) is 0 Å². The largest absolute Gasteiger partial charge is 0.316 e. The van der Waals surface area contributed by atoms with Crippen LogP contribution in [0.3, 0.4) is 0 Å². The second-order valence-corrected chi connectivity index (χ2v) is 4.56. The van der Waals surface area contributed by atoms with E-state index in [-0.39, 0.29) is 0 Å². The Balaban J connectivity index is 2.06. The highest BCUT2D eigenvalue weighted by Crippen LogP contribution is 2.35. The van der Waals surface area contributed by atoms with Crippen LogP contribution in [0.5, 0.6) is 0 Å². The molecule has 0 aliphatic heterocycles. The maximum atomic E-state index is 5.31. The molecule has 1 fully saturated rings. The van der Waals surface area contributed by atoms with E-state index < -0.39 is 0 Å². The second-order valence-electron chi connectivity index (χ2n) is 4.56. The first-order chi connectivity index (χ1) is 6.24. The number of terminal acetylenes is 1. The summed E-state index contributed by atoms with van der Waals surface area (Å²) in [6.45, 7) is 6.79. The van der Waals surface area contributed by atoms with E-state index in [1.54, 1.807) is 0 Å². The first-order valence-corrected chi connectivity index (χ1v) is 5.38. The van der Waals surface area contributed by atoms with Gasteiger partial charge < -0.3 is 5.32 Å². The van der Waals surface area contributed by atoms with E-state index in [9.17, 15) is 0 Å². The number of rotatable bonds is 5. The Morgan fingerprint density at radius 3 is 2.54 bits per heavy atom. The van der Waals surface area contributed by atoms with Crippen LogP contribution >= 0.6 is 0 Å². The molecule has 1 saturated carbocycles. The summed E-state index contributed by atoms with van der Waals surface area (Å²) >= 11 is 0. The molecule has 1 N–H and O–H groups in total. The average molecular weight is 179 g/mol. The van der Waals surface area contributed by atoms with Gasteiger partial charge in [-0.25, -0.2) is 0 Å². The first kappa shape index (κ1) is 10.6. The van der Waals surface area contributed by atoms with Crippen LogP contribution in [-0.4, -0.2) is 13.1 Å². The molecule has 0 aromatic heterocycles. The van der Waals surface area contributed by atoms with Gasteiger partial charge in [-0.3, -0.25) is 0 Å². The molecule has 0 spiro atoms. The normalized spacial score (nSPS) is 26.9. The SMILES string of the molecule is C#CCC1CCC1CNCC(C)C. The molecule has 1 heteroatoms. The molecule has 74 valence electrons. The minimum atomic E-state index is 0.756. The van der Waals surface area contributed by atoms with Gasteiger partial charge in [0.05, 0.1) is 0 Å². The van der Waals surface area contributed by atoms with Crippen molar-refractivity contribution in [1.29, 1.82) is 0 Å². The molecular formula is C12H21N. The van der Waals surface area contributed by atoms with Crippen molar-refractivity contribution in [3.05, 3.63) is 0 Å². The predicted molar refractivity (Wildman–Crippen MR) is 57.4 cm³/mol. The van der Waals surface area contributed by atoms with Crippen LogP contribution in [0.15, 0.2) is 0 Å². The molecule has 0 aromatic carbocycles. The van der Waals surface area contributed by atoms with E-state index in [0.29, 0.717) is 0 Å². The minimum absolute atomic E-state index is 0.756. The van der Waals surface area contributed by atoms with Crippen LogP contribution in [-0.2, 0) is 0 Å². The number of hydrogen-bond acceptors (Lipinski definition) is 1. The summed E-state index contributed by atoms with van der Waals surface area (Å²) in [6, 6.07) is 0. The van der Waals surface area contributed by atoms with Crippen molar-refractivity contribution in [2.24, 2.45) is 17.8 Å². The van der Waals surface area contributed by atoms with Crippen LogP contribution < -0.4 is 5.32 Å². The molecule has 13 heavy (non-hydrogen) atoms. The minimum Gasteiger partial charge on any atom is -0.316 e. The lowest BCUT2D eigenvalue weighted by Gasteiger charge is -2.36. The van der Waals surface area contributed by atoms with Crippen molar-refractivity contribution < 1.29 is 0 Å². The second kappa shape index (κ2) is 5.29. The fourth-order valence-electron chi connectivity index (χ4n) is 1.88. The fraction of sp³-hybridized carbons (Fsp3) is 0.833. The summed E-state index contributed by atoms with van der Waals surface area (Å²) in [4.78, 5) is 0. The van der Waals surface area contributed by atoms with Crippen LogP contribution in [0.4, 0.5) is 0 Å². The lowest BCUT2D eigenvalue weighted by atomic mass is 9.72. The zero-order valence-electron chi connectivity index (χ0n) is 8.84.